The predicted molar refractivity (Wildman–Crippen MR) is 148 cm³/mol. The number of para-hydroxylation sites is 2. The molecule has 2 aliphatic rings. The number of hydrogen-bond acceptors (Lipinski definition) is 5. The number of ether oxygens (including phenoxy) is 1. The van der Waals surface area contributed by atoms with E-state index in [-0.39, 0.29) is 12.1 Å². The van der Waals surface area contributed by atoms with Crippen LogP contribution in [0.15, 0.2) is 42.5 Å². The maximum atomic E-state index is 12.7. The summed E-state index contributed by atoms with van der Waals surface area (Å²) in [5.41, 5.74) is 1.69. The van der Waals surface area contributed by atoms with E-state index in [9.17, 15) is 4.79 Å². The number of nitrogens with zero attached hydrogens (tertiary/aromatic N) is 3. The Balaban J connectivity index is 1.17. The third kappa shape index (κ3) is 6.70. The number of halogens is 2. The van der Waals surface area contributed by atoms with Gasteiger partial charge in [0.05, 0.1) is 28.5 Å². The number of rotatable bonds is 7. The molecule has 35 heavy (non-hydrogen) atoms. The van der Waals surface area contributed by atoms with Crippen molar-refractivity contribution in [2.45, 2.75) is 38.1 Å². The molecule has 1 saturated carbocycles. The number of piperazine rings is 1. The lowest BCUT2D eigenvalue weighted by Gasteiger charge is -2.38. The van der Waals surface area contributed by atoms with Gasteiger partial charge in [-0.15, -0.1) is 0 Å². The highest BCUT2D eigenvalue weighted by Crippen LogP contribution is 2.34. The van der Waals surface area contributed by atoms with Crippen molar-refractivity contribution >= 4 is 53.4 Å². The number of nitrogens with one attached hydrogen (secondary N) is 1. The van der Waals surface area contributed by atoms with Crippen LogP contribution in [0.2, 0.25) is 10.0 Å². The summed E-state index contributed by atoms with van der Waals surface area (Å²) >= 11 is 17.1. The topological polar surface area (TPSA) is 48.1 Å². The van der Waals surface area contributed by atoms with Crippen LogP contribution in [-0.4, -0.2) is 61.1 Å². The van der Waals surface area contributed by atoms with Gasteiger partial charge in [-0.3, -0.25) is 9.21 Å². The molecule has 0 spiro atoms. The molecule has 0 aromatic heterocycles. The van der Waals surface area contributed by atoms with Gasteiger partial charge in [-0.05, 0) is 68.8 Å². The van der Waals surface area contributed by atoms with E-state index >= 15 is 0 Å². The summed E-state index contributed by atoms with van der Waals surface area (Å²) in [5, 5.41) is 4.18. The third-order valence-electron chi connectivity index (χ3n) is 7.22. The molecule has 2 aromatic rings. The number of amides is 2. The van der Waals surface area contributed by atoms with Crippen molar-refractivity contribution in [2.75, 3.05) is 50.1 Å². The highest BCUT2D eigenvalue weighted by molar-refractivity contribution is 7.78. The Kier molecular flexibility index (Phi) is 9.34. The molecule has 2 aromatic carbocycles. The Hall–Kier alpha value is -1.80. The molecule has 1 saturated heterocycles. The Morgan fingerprint density at radius 1 is 1.06 bits per heavy atom. The Morgan fingerprint density at radius 3 is 2.49 bits per heavy atom. The molecule has 9 heteroatoms. The molecule has 0 atom stereocenters. The fourth-order valence-corrected chi connectivity index (χ4v) is 5.77. The van der Waals surface area contributed by atoms with Crippen LogP contribution in [0, 0.1) is 5.92 Å². The second-order valence-electron chi connectivity index (χ2n) is 9.34. The first-order chi connectivity index (χ1) is 17.0. The second-order valence-corrected chi connectivity index (χ2v) is 10.6. The van der Waals surface area contributed by atoms with Crippen molar-refractivity contribution in [2.24, 2.45) is 5.92 Å². The minimum absolute atomic E-state index is 0.148. The van der Waals surface area contributed by atoms with E-state index in [0.717, 1.165) is 64.1 Å². The van der Waals surface area contributed by atoms with Gasteiger partial charge in [0.1, 0.15) is 5.75 Å². The largest absolute Gasteiger partial charge is 0.495 e. The van der Waals surface area contributed by atoms with Crippen LogP contribution in [0.25, 0.3) is 0 Å². The molecule has 1 N–H and O–H groups in total. The molecule has 0 radical (unpaired) electrons. The van der Waals surface area contributed by atoms with Crippen LogP contribution < -0.4 is 15.0 Å². The fraction of sp³-hybridized carbons (Fsp3) is 0.500. The van der Waals surface area contributed by atoms with Crippen molar-refractivity contribution in [3.63, 3.8) is 0 Å². The lowest BCUT2D eigenvalue weighted by atomic mass is 9.84. The van der Waals surface area contributed by atoms with Gasteiger partial charge in [-0.1, -0.05) is 54.2 Å². The maximum absolute atomic E-state index is 12.7. The molecule has 2 fully saturated rings. The van der Waals surface area contributed by atoms with Crippen molar-refractivity contribution in [1.82, 2.24) is 9.21 Å². The number of thiol groups is 1. The second kappa shape index (κ2) is 12.4. The Labute approximate surface area is 224 Å². The van der Waals surface area contributed by atoms with Crippen LogP contribution in [0.4, 0.5) is 16.2 Å². The predicted octanol–water partition coefficient (Wildman–Crippen LogP) is 6.45. The Morgan fingerprint density at radius 2 is 1.77 bits per heavy atom. The maximum Gasteiger partial charge on any atom is 0.332 e. The smallest absolute Gasteiger partial charge is 0.332 e. The number of carbonyl (C=O) groups is 1. The lowest BCUT2D eigenvalue weighted by Crippen LogP contribution is -2.47. The minimum atomic E-state index is -0.209. The highest BCUT2D eigenvalue weighted by Gasteiger charge is 2.28. The minimum Gasteiger partial charge on any atom is -0.495 e. The first-order valence-electron chi connectivity index (χ1n) is 12.3. The van der Waals surface area contributed by atoms with Crippen molar-refractivity contribution in [1.29, 1.82) is 0 Å². The average molecular weight is 538 g/mol. The van der Waals surface area contributed by atoms with E-state index in [1.54, 1.807) is 11.4 Å². The molecule has 2 amide bonds. The van der Waals surface area contributed by atoms with E-state index in [0.29, 0.717) is 27.4 Å². The molecule has 0 unspecified atom stereocenters. The Bertz CT molecular complexity index is 995. The first kappa shape index (κ1) is 26.3. The molecule has 190 valence electrons. The fourth-order valence-electron chi connectivity index (χ4n) is 5.08. The molecular weight excluding hydrogens is 503 g/mol. The van der Waals surface area contributed by atoms with Gasteiger partial charge >= 0.3 is 6.03 Å². The van der Waals surface area contributed by atoms with E-state index in [2.05, 4.69) is 27.9 Å². The van der Waals surface area contributed by atoms with Crippen LogP contribution >= 0.6 is 36.0 Å². The number of benzene rings is 2. The van der Waals surface area contributed by atoms with E-state index < -0.39 is 0 Å². The van der Waals surface area contributed by atoms with Gasteiger partial charge in [-0.2, -0.15) is 0 Å². The van der Waals surface area contributed by atoms with Crippen LogP contribution in [-0.2, 0) is 0 Å². The summed E-state index contributed by atoms with van der Waals surface area (Å²) in [7, 11) is 1.60. The van der Waals surface area contributed by atoms with Crippen LogP contribution in [0.3, 0.4) is 0 Å². The van der Waals surface area contributed by atoms with E-state index in [1.165, 1.54) is 6.42 Å². The number of methoxy groups -OCH3 is 1. The molecule has 1 aliphatic carbocycles. The van der Waals surface area contributed by atoms with E-state index in [4.69, 9.17) is 27.9 Å². The van der Waals surface area contributed by atoms with Gasteiger partial charge in [0.25, 0.3) is 0 Å². The molecule has 1 heterocycles. The number of urea groups is 1. The molecule has 4 rings (SSSR count). The van der Waals surface area contributed by atoms with Crippen molar-refractivity contribution < 1.29 is 9.53 Å². The van der Waals surface area contributed by atoms with Gasteiger partial charge in [0.2, 0.25) is 0 Å². The molecule has 1 aliphatic heterocycles. The normalized spacial score (nSPS) is 21.0. The van der Waals surface area contributed by atoms with Gasteiger partial charge < -0.3 is 15.0 Å². The monoisotopic (exact) mass is 536 g/mol. The van der Waals surface area contributed by atoms with Gasteiger partial charge in [0.15, 0.2) is 0 Å². The zero-order valence-corrected chi connectivity index (χ0v) is 22.5. The summed E-state index contributed by atoms with van der Waals surface area (Å²) in [6, 6.07) is 13.2. The van der Waals surface area contributed by atoms with Gasteiger partial charge in [0, 0.05) is 32.2 Å². The lowest BCUT2D eigenvalue weighted by molar-refractivity contribution is 0.188. The quantitative estimate of drug-likeness (QED) is 0.399. The summed E-state index contributed by atoms with van der Waals surface area (Å²) in [4.78, 5) is 17.6. The summed E-state index contributed by atoms with van der Waals surface area (Å²) in [6.07, 6.45) is 5.41. The van der Waals surface area contributed by atoms with Gasteiger partial charge in [-0.25, -0.2) is 4.79 Å². The third-order valence-corrected chi connectivity index (χ3v) is 8.53. The van der Waals surface area contributed by atoms with Crippen LogP contribution in [0.1, 0.15) is 32.1 Å². The highest BCUT2D eigenvalue weighted by atomic mass is 35.5. The summed E-state index contributed by atoms with van der Waals surface area (Å²) < 4.78 is 6.88. The number of carbonyl (C=O) groups excluding carboxylic acids is 1. The van der Waals surface area contributed by atoms with Crippen molar-refractivity contribution in [3.8, 4) is 5.75 Å². The first-order valence-corrected chi connectivity index (χ1v) is 13.4. The SMILES string of the molecule is COc1ccccc1NC(=O)N(S)C1CCC(CCN2CCN(c3cccc(Cl)c3Cl)CC2)CC1. The zero-order valence-electron chi connectivity index (χ0n) is 20.1. The average Bonchev–Trinajstić information content (AvgIpc) is 2.89. The molecule has 6 nitrogen and oxygen atoms in total. The van der Waals surface area contributed by atoms with Crippen molar-refractivity contribution in [3.05, 3.63) is 52.5 Å². The molecular formula is C26H34Cl2N4O2S. The summed E-state index contributed by atoms with van der Waals surface area (Å²) in [5.74, 6) is 1.34. The number of anilines is 2. The van der Waals surface area contributed by atoms with Crippen LogP contribution in [0.5, 0.6) is 5.75 Å². The van der Waals surface area contributed by atoms with E-state index in [1.807, 2.05) is 42.5 Å². The standard InChI is InChI=1S/C26H34Cl2N4O2S/c1-34-24-8-3-2-6-22(24)29-26(33)32(35)20-11-9-19(10-12-20)13-14-30-15-17-31(18-16-30)23-7-4-5-21(27)25(23)28/h2-8,19-20,35H,9-18H2,1H3,(H,29,33). The summed E-state index contributed by atoms with van der Waals surface area (Å²) in [6.45, 7) is 5.11. The number of hydrogen-bond donors (Lipinski definition) is 2. The zero-order chi connectivity index (χ0) is 24.8. The molecule has 0 bridgehead atoms.